The van der Waals surface area contributed by atoms with Crippen LogP contribution in [-0.4, -0.2) is 16.4 Å². The fraction of sp³-hybridized carbons (Fsp3) is 0.0526. The van der Waals surface area contributed by atoms with Gasteiger partial charge >= 0.3 is 0 Å². The van der Waals surface area contributed by atoms with Crippen LogP contribution in [0.1, 0.15) is 22.0 Å². The standard InChI is InChI=1S/C19H17N3O2/c20-18(23)17(14-6-2-1-3-7-14)21-19(24)15-8-10-16(11-9-15)22-12-4-5-13-22/h1-13,17H,(H2,20,23)(H,21,24)/t17-/m0/s1. The lowest BCUT2D eigenvalue weighted by Crippen LogP contribution is -2.37. The molecule has 0 aliphatic carbocycles. The van der Waals surface area contributed by atoms with Crippen molar-refractivity contribution in [2.75, 3.05) is 0 Å². The molecular formula is C19H17N3O2. The molecule has 1 atom stereocenters. The van der Waals surface area contributed by atoms with Crippen molar-refractivity contribution >= 4 is 11.8 Å². The van der Waals surface area contributed by atoms with Gasteiger partial charge in [-0.3, -0.25) is 9.59 Å². The molecule has 3 N–H and O–H groups in total. The molecule has 2 amide bonds. The van der Waals surface area contributed by atoms with Crippen LogP contribution in [0.3, 0.4) is 0 Å². The molecule has 0 bridgehead atoms. The van der Waals surface area contributed by atoms with Crippen molar-refractivity contribution in [1.29, 1.82) is 0 Å². The molecule has 0 saturated heterocycles. The van der Waals surface area contributed by atoms with Crippen molar-refractivity contribution in [3.05, 3.63) is 90.3 Å². The van der Waals surface area contributed by atoms with E-state index in [1.54, 1.807) is 36.4 Å². The zero-order chi connectivity index (χ0) is 16.9. The summed E-state index contributed by atoms with van der Waals surface area (Å²) in [4.78, 5) is 24.1. The van der Waals surface area contributed by atoms with Crippen LogP contribution in [0.15, 0.2) is 79.1 Å². The third kappa shape index (κ3) is 3.35. The highest BCUT2D eigenvalue weighted by molar-refractivity contribution is 5.97. The molecular weight excluding hydrogens is 302 g/mol. The van der Waals surface area contributed by atoms with E-state index in [0.29, 0.717) is 11.1 Å². The Hall–Kier alpha value is -3.34. The van der Waals surface area contributed by atoms with E-state index in [1.165, 1.54) is 0 Å². The first-order valence-corrected chi connectivity index (χ1v) is 7.54. The molecule has 0 saturated carbocycles. The van der Waals surface area contributed by atoms with Crippen molar-refractivity contribution in [3.8, 4) is 5.69 Å². The maximum Gasteiger partial charge on any atom is 0.252 e. The zero-order valence-electron chi connectivity index (χ0n) is 12.9. The van der Waals surface area contributed by atoms with Crippen molar-refractivity contribution < 1.29 is 9.59 Å². The van der Waals surface area contributed by atoms with Crippen LogP contribution in [0.5, 0.6) is 0 Å². The van der Waals surface area contributed by atoms with Crippen LogP contribution in [0, 0.1) is 0 Å². The monoisotopic (exact) mass is 319 g/mol. The van der Waals surface area contributed by atoms with Gasteiger partial charge in [0.25, 0.3) is 5.91 Å². The predicted molar refractivity (Wildman–Crippen MR) is 91.6 cm³/mol. The van der Waals surface area contributed by atoms with Crippen molar-refractivity contribution in [2.45, 2.75) is 6.04 Å². The topological polar surface area (TPSA) is 77.1 Å². The number of carbonyl (C=O) groups is 2. The minimum absolute atomic E-state index is 0.346. The Morgan fingerprint density at radius 1 is 0.875 bits per heavy atom. The quantitative estimate of drug-likeness (QED) is 0.758. The molecule has 2 aromatic carbocycles. The number of carbonyl (C=O) groups excluding carboxylic acids is 2. The minimum atomic E-state index is -0.858. The fourth-order valence-corrected chi connectivity index (χ4v) is 2.47. The summed E-state index contributed by atoms with van der Waals surface area (Å²) >= 11 is 0. The average molecular weight is 319 g/mol. The van der Waals surface area contributed by atoms with E-state index in [-0.39, 0.29) is 5.91 Å². The molecule has 3 aromatic rings. The molecule has 5 nitrogen and oxygen atoms in total. The lowest BCUT2D eigenvalue weighted by Gasteiger charge is -2.16. The summed E-state index contributed by atoms with van der Waals surface area (Å²) in [6.07, 6.45) is 3.85. The van der Waals surface area contributed by atoms with Crippen molar-refractivity contribution in [1.82, 2.24) is 9.88 Å². The summed E-state index contributed by atoms with van der Waals surface area (Å²) < 4.78 is 1.94. The number of nitrogens with two attached hydrogens (primary N) is 1. The Kier molecular flexibility index (Phi) is 4.43. The number of amides is 2. The first-order valence-electron chi connectivity index (χ1n) is 7.54. The average Bonchev–Trinajstić information content (AvgIpc) is 3.15. The molecule has 120 valence electrons. The fourth-order valence-electron chi connectivity index (χ4n) is 2.47. The Bertz CT molecular complexity index is 825. The zero-order valence-corrected chi connectivity index (χ0v) is 12.9. The maximum absolute atomic E-state index is 12.4. The molecule has 0 radical (unpaired) electrons. The van der Waals surface area contributed by atoms with Crippen LogP contribution >= 0.6 is 0 Å². The number of primary amides is 1. The third-order valence-electron chi connectivity index (χ3n) is 3.72. The SMILES string of the molecule is NC(=O)[C@@H](NC(=O)c1ccc(-n2cccc2)cc1)c1ccccc1. The number of nitrogens with one attached hydrogen (secondary N) is 1. The summed E-state index contributed by atoms with van der Waals surface area (Å²) in [5, 5.41) is 2.68. The molecule has 5 heteroatoms. The van der Waals surface area contributed by atoms with Crippen LogP contribution in [0.25, 0.3) is 5.69 Å². The summed E-state index contributed by atoms with van der Waals surface area (Å²) in [6.45, 7) is 0. The van der Waals surface area contributed by atoms with Gasteiger partial charge in [0.15, 0.2) is 0 Å². The molecule has 3 rings (SSSR count). The third-order valence-corrected chi connectivity index (χ3v) is 3.72. The van der Waals surface area contributed by atoms with Gasteiger partial charge in [-0.05, 0) is 42.0 Å². The second-order valence-corrected chi connectivity index (χ2v) is 5.36. The summed E-state index contributed by atoms with van der Waals surface area (Å²) in [6, 6.07) is 19.1. The van der Waals surface area contributed by atoms with Gasteiger partial charge in [0.05, 0.1) is 0 Å². The van der Waals surface area contributed by atoms with Crippen molar-refractivity contribution in [2.24, 2.45) is 5.73 Å². The van der Waals surface area contributed by atoms with E-state index < -0.39 is 11.9 Å². The second-order valence-electron chi connectivity index (χ2n) is 5.36. The molecule has 0 unspecified atom stereocenters. The largest absolute Gasteiger partial charge is 0.368 e. The number of aromatic nitrogens is 1. The van der Waals surface area contributed by atoms with Gasteiger partial charge in [0.2, 0.25) is 5.91 Å². The lowest BCUT2D eigenvalue weighted by atomic mass is 10.1. The number of hydrogen-bond acceptors (Lipinski definition) is 2. The van der Waals surface area contributed by atoms with Crippen LogP contribution in [0.4, 0.5) is 0 Å². The maximum atomic E-state index is 12.4. The molecule has 0 aliphatic heterocycles. The van der Waals surface area contributed by atoms with E-state index in [4.69, 9.17) is 5.73 Å². The summed E-state index contributed by atoms with van der Waals surface area (Å²) in [5.41, 5.74) is 7.50. The second kappa shape index (κ2) is 6.83. The molecule has 1 heterocycles. The summed E-state index contributed by atoms with van der Waals surface area (Å²) in [7, 11) is 0. The highest BCUT2D eigenvalue weighted by Gasteiger charge is 2.20. The summed E-state index contributed by atoms with van der Waals surface area (Å²) in [5.74, 6) is -0.944. The first-order chi connectivity index (χ1) is 11.6. The van der Waals surface area contributed by atoms with Gasteiger partial charge in [0.1, 0.15) is 6.04 Å². The van der Waals surface area contributed by atoms with Crippen LogP contribution < -0.4 is 11.1 Å². The number of benzene rings is 2. The smallest absolute Gasteiger partial charge is 0.252 e. The van der Waals surface area contributed by atoms with Gasteiger partial charge in [-0.15, -0.1) is 0 Å². The van der Waals surface area contributed by atoms with Gasteiger partial charge in [-0.1, -0.05) is 30.3 Å². The predicted octanol–water partition coefficient (Wildman–Crippen LogP) is 2.43. The van der Waals surface area contributed by atoms with E-state index in [0.717, 1.165) is 5.69 Å². The van der Waals surface area contributed by atoms with Gasteiger partial charge in [-0.25, -0.2) is 0 Å². The Morgan fingerprint density at radius 3 is 2.08 bits per heavy atom. The lowest BCUT2D eigenvalue weighted by molar-refractivity contribution is -0.120. The minimum Gasteiger partial charge on any atom is -0.368 e. The van der Waals surface area contributed by atoms with Gasteiger partial charge in [0, 0.05) is 23.6 Å². The normalized spacial score (nSPS) is 11.7. The number of hydrogen-bond donors (Lipinski definition) is 2. The molecule has 0 aliphatic rings. The molecule has 0 fully saturated rings. The van der Waals surface area contributed by atoms with Crippen molar-refractivity contribution in [3.63, 3.8) is 0 Å². The Balaban J connectivity index is 1.77. The molecule has 24 heavy (non-hydrogen) atoms. The Morgan fingerprint density at radius 2 is 1.50 bits per heavy atom. The number of nitrogens with zero attached hydrogens (tertiary/aromatic N) is 1. The van der Waals surface area contributed by atoms with E-state index in [9.17, 15) is 9.59 Å². The first kappa shape index (κ1) is 15.6. The van der Waals surface area contributed by atoms with E-state index in [2.05, 4.69) is 5.32 Å². The van der Waals surface area contributed by atoms with E-state index >= 15 is 0 Å². The molecule has 0 spiro atoms. The number of rotatable bonds is 5. The highest BCUT2D eigenvalue weighted by Crippen LogP contribution is 2.14. The van der Waals surface area contributed by atoms with Gasteiger partial charge < -0.3 is 15.6 Å². The highest BCUT2D eigenvalue weighted by atomic mass is 16.2. The van der Waals surface area contributed by atoms with Crippen LogP contribution in [0.2, 0.25) is 0 Å². The Labute approximate surface area is 139 Å². The van der Waals surface area contributed by atoms with E-state index in [1.807, 2.05) is 47.3 Å². The molecule has 1 aromatic heterocycles. The van der Waals surface area contributed by atoms with Gasteiger partial charge in [-0.2, -0.15) is 0 Å². The van der Waals surface area contributed by atoms with Crippen LogP contribution in [-0.2, 0) is 4.79 Å².